The van der Waals surface area contributed by atoms with Crippen molar-refractivity contribution in [3.8, 4) is 0 Å². The van der Waals surface area contributed by atoms with Gasteiger partial charge in [-0.3, -0.25) is 0 Å². The van der Waals surface area contributed by atoms with E-state index in [-0.39, 0.29) is 6.04 Å². The molecule has 0 aliphatic carbocycles. The maximum absolute atomic E-state index is 5.77. The van der Waals surface area contributed by atoms with Gasteiger partial charge in [-0.25, -0.2) is 4.98 Å². The number of thiazole rings is 1. The molecule has 0 amide bonds. The largest absolute Gasteiger partial charge is 0.383 e. The number of hydrogen-bond acceptors (Lipinski definition) is 4. The highest BCUT2D eigenvalue weighted by Crippen LogP contribution is 2.10. The number of ether oxygens (including phenoxy) is 1. The molecule has 1 unspecified atom stereocenters. The van der Waals surface area contributed by atoms with Crippen LogP contribution < -0.4 is 5.73 Å². The SMILES string of the molecule is COCC(N)Cc1nc(C)cs1. The summed E-state index contributed by atoms with van der Waals surface area (Å²) >= 11 is 1.66. The summed E-state index contributed by atoms with van der Waals surface area (Å²) in [6.45, 7) is 2.58. The van der Waals surface area contributed by atoms with Crippen LogP contribution in [0.1, 0.15) is 10.7 Å². The molecule has 2 N–H and O–H groups in total. The van der Waals surface area contributed by atoms with Crippen LogP contribution in [0, 0.1) is 6.92 Å². The van der Waals surface area contributed by atoms with Crippen molar-refractivity contribution in [2.75, 3.05) is 13.7 Å². The van der Waals surface area contributed by atoms with E-state index in [1.807, 2.05) is 12.3 Å². The number of hydrogen-bond donors (Lipinski definition) is 1. The monoisotopic (exact) mass is 186 g/mol. The molecular formula is C8H14N2OS. The minimum absolute atomic E-state index is 0.0700. The van der Waals surface area contributed by atoms with E-state index in [9.17, 15) is 0 Å². The first-order chi connectivity index (χ1) is 5.72. The maximum atomic E-state index is 5.77. The average molecular weight is 186 g/mol. The van der Waals surface area contributed by atoms with Crippen LogP contribution in [-0.4, -0.2) is 24.7 Å². The van der Waals surface area contributed by atoms with Crippen molar-refractivity contribution in [1.29, 1.82) is 0 Å². The van der Waals surface area contributed by atoms with Crippen molar-refractivity contribution in [2.45, 2.75) is 19.4 Å². The lowest BCUT2D eigenvalue weighted by Gasteiger charge is -2.06. The lowest BCUT2D eigenvalue weighted by atomic mass is 10.2. The lowest BCUT2D eigenvalue weighted by Crippen LogP contribution is -2.27. The fourth-order valence-electron chi connectivity index (χ4n) is 0.994. The van der Waals surface area contributed by atoms with Gasteiger partial charge < -0.3 is 10.5 Å². The molecule has 0 bridgehead atoms. The molecule has 0 aliphatic rings. The van der Waals surface area contributed by atoms with E-state index in [1.54, 1.807) is 18.4 Å². The average Bonchev–Trinajstić information content (AvgIpc) is 2.36. The minimum atomic E-state index is 0.0700. The van der Waals surface area contributed by atoms with Crippen LogP contribution in [-0.2, 0) is 11.2 Å². The summed E-state index contributed by atoms with van der Waals surface area (Å²) < 4.78 is 4.93. The highest BCUT2D eigenvalue weighted by molar-refractivity contribution is 7.09. The van der Waals surface area contributed by atoms with E-state index < -0.39 is 0 Å². The van der Waals surface area contributed by atoms with Gasteiger partial charge in [-0.15, -0.1) is 11.3 Å². The Kier molecular flexibility index (Phi) is 3.65. The zero-order valence-electron chi connectivity index (χ0n) is 7.41. The third kappa shape index (κ3) is 2.89. The second kappa shape index (κ2) is 4.54. The number of aromatic nitrogens is 1. The highest BCUT2D eigenvalue weighted by Gasteiger charge is 2.05. The van der Waals surface area contributed by atoms with Gasteiger partial charge in [0.25, 0.3) is 0 Å². The number of nitrogens with two attached hydrogens (primary N) is 1. The molecule has 0 spiro atoms. The van der Waals surface area contributed by atoms with Crippen molar-refractivity contribution >= 4 is 11.3 Å². The van der Waals surface area contributed by atoms with Crippen molar-refractivity contribution in [3.05, 3.63) is 16.1 Å². The fraction of sp³-hybridized carbons (Fsp3) is 0.625. The molecular weight excluding hydrogens is 172 g/mol. The zero-order chi connectivity index (χ0) is 8.97. The van der Waals surface area contributed by atoms with Gasteiger partial charge in [0.15, 0.2) is 0 Å². The Bertz CT molecular complexity index is 237. The molecule has 1 aromatic heterocycles. The van der Waals surface area contributed by atoms with Gasteiger partial charge in [0.1, 0.15) is 0 Å². The number of methoxy groups -OCH3 is 1. The fourth-order valence-corrected chi connectivity index (χ4v) is 1.86. The standard InChI is InChI=1S/C8H14N2OS/c1-6-5-12-8(10-6)3-7(9)4-11-2/h5,7H,3-4,9H2,1-2H3. The van der Waals surface area contributed by atoms with E-state index in [0.29, 0.717) is 6.61 Å². The Balaban J connectivity index is 2.41. The van der Waals surface area contributed by atoms with Gasteiger partial charge in [0, 0.05) is 30.6 Å². The van der Waals surface area contributed by atoms with Crippen LogP contribution in [0.4, 0.5) is 0 Å². The molecule has 1 rings (SSSR count). The quantitative estimate of drug-likeness (QED) is 0.762. The van der Waals surface area contributed by atoms with Crippen LogP contribution in [0.3, 0.4) is 0 Å². The van der Waals surface area contributed by atoms with E-state index in [0.717, 1.165) is 17.1 Å². The molecule has 0 saturated heterocycles. The van der Waals surface area contributed by atoms with E-state index in [1.165, 1.54) is 0 Å². The Hall–Kier alpha value is -0.450. The van der Waals surface area contributed by atoms with Gasteiger partial charge in [-0.1, -0.05) is 0 Å². The molecule has 0 aromatic carbocycles. The summed E-state index contributed by atoms with van der Waals surface area (Å²) in [5.41, 5.74) is 6.84. The highest BCUT2D eigenvalue weighted by atomic mass is 32.1. The summed E-state index contributed by atoms with van der Waals surface area (Å²) in [7, 11) is 1.66. The van der Waals surface area contributed by atoms with Crippen LogP contribution in [0.15, 0.2) is 5.38 Å². The van der Waals surface area contributed by atoms with Gasteiger partial charge in [-0.05, 0) is 6.92 Å². The predicted octanol–water partition coefficient (Wildman–Crippen LogP) is 0.968. The van der Waals surface area contributed by atoms with Crippen LogP contribution in [0.2, 0.25) is 0 Å². The van der Waals surface area contributed by atoms with Crippen LogP contribution in [0.25, 0.3) is 0 Å². The minimum Gasteiger partial charge on any atom is -0.383 e. The summed E-state index contributed by atoms with van der Waals surface area (Å²) in [5, 5.41) is 3.13. The van der Waals surface area contributed by atoms with E-state index >= 15 is 0 Å². The Labute approximate surface area is 76.6 Å². The van der Waals surface area contributed by atoms with Crippen molar-refractivity contribution in [2.24, 2.45) is 5.73 Å². The number of nitrogens with zero attached hydrogens (tertiary/aromatic N) is 1. The molecule has 1 heterocycles. The molecule has 12 heavy (non-hydrogen) atoms. The second-order valence-corrected chi connectivity index (χ2v) is 3.74. The third-order valence-corrected chi connectivity index (χ3v) is 2.47. The molecule has 0 radical (unpaired) electrons. The van der Waals surface area contributed by atoms with Gasteiger partial charge >= 0.3 is 0 Å². The summed E-state index contributed by atoms with van der Waals surface area (Å²) in [4.78, 5) is 4.32. The first kappa shape index (κ1) is 9.64. The van der Waals surface area contributed by atoms with Crippen molar-refractivity contribution in [1.82, 2.24) is 4.98 Å². The van der Waals surface area contributed by atoms with E-state index in [2.05, 4.69) is 4.98 Å². The van der Waals surface area contributed by atoms with Gasteiger partial charge in [0.2, 0.25) is 0 Å². The summed E-state index contributed by atoms with van der Waals surface area (Å²) in [6.07, 6.45) is 0.812. The first-order valence-electron chi connectivity index (χ1n) is 3.88. The Morgan fingerprint density at radius 3 is 3.00 bits per heavy atom. The third-order valence-electron chi connectivity index (χ3n) is 1.48. The lowest BCUT2D eigenvalue weighted by molar-refractivity contribution is 0.180. The van der Waals surface area contributed by atoms with Crippen molar-refractivity contribution < 1.29 is 4.74 Å². The molecule has 0 fully saturated rings. The number of aryl methyl sites for hydroxylation is 1. The van der Waals surface area contributed by atoms with Crippen LogP contribution in [0.5, 0.6) is 0 Å². The second-order valence-electron chi connectivity index (χ2n) is 2.80. The van der Waals surface area contributed by atoms with Crippen LogP contribution >= 0.6 is 11.3 Å². The smallest absolute Gasteiger partial charge is 0.0944 e. The predicted molar refractivity (Wildman–Crippen MR) is 50.4 cm³/mol. The Morgan fingerprint density at radius 2 is 2.50 bits per heavy atom. The molecule has 0 saturated carbocycles. The van der Waals surface area contributed by atoms with Gasteiger partial charge in [0.05, 0.1) is 11.6 Å². The summed E-state index contributed by atoms with van der Waals surface area (Å²) in [5.74, 6) is 0. The maximum Gasteiger partial charge on any atom is 0.0944 e. The molecule has 3 nitrogen and oxygen atoms in total. The number of rotatable bonds is 4. The molecule has 68 valence electrons. The van der Waals surface area contributed by atoms with Crippen molar-refractivity contribution in [3.63, 3.8) is 0 Å². The molecule has 1 aromatic rings. The molecule has 0 aliphatic heterocycles. The zero-order valence-corrected chi connectivity index (χ0v) is 8.23. The Morgan fingerprint density at radius 1 is 1.75 bits per heavy atom. The van der Waals surface area contributed by atoms with E-state index in [4.69, 9.17) is 10.5 Å². The molecule has 4 heteroatoms. The molecule has 1 atom stereocenters. The van der Waals surface area contributed by atoms with Gasteiger partial charge in [-0.2, -0.15) is 0 Å². The first-order valence-corrected chi connectivity index (χ1v) is 4.76. The summed E-state index contributed by atoms with van der Waals surface area (Å²) in [6, 6.07) is 0.0700. The normalized spacial score (nSPS) is 13.2. The topological polar surface area (TPSA) is 48.1 Å².